The molecule has 0 saturated carbocycles. The Balaban J connectivity index is 1.91. The van der Waals surface area contributed by atoms with Crippen LogP contribution in [0.15, 0.2) is 12.2 Å². The molecular weight excluding hydrogens is 280 g/mol. The first-order valence-corrected chi connectivity index (χ1v) is 8.90. The van der Waals surface area contributed by atoms with Crippen LogP contribution in [0, 0.1) is 11.8 Å². The summed E-state index contributed by atoms with van der Waals surface area (Å²) >= 11 is 0. The van der Waals surface area contributed by atoms with Gasteiger partial charge in [0.2, 0.25) is 0 Å². The second-order valence-electron chi connectivity index (χ2n) is 6.42. The van der Waals surface area contributed by atoms with Crippen LogP contribution >= 0.6 is 0 Å². The van der Waals surface area contributed by atoms with Gasteiger partial charge >= 0.3 is 0 Å². The van der Waals surface area contributed by atoms with Gasteiger partial charge in [0, 0.05) is 12.3 Å². The molecule has 0 bridgehead atoms. The van der Waals surface area contributed by atoms with Gasteiger partial charge in [-0.25, -0.2) is 0 Å². The highest BCUT2D eigenvalue weighted by molar-refractivity contribution is 4.93. The molecule has 2 saturated heterocycles. The highest BCUT2D eigenvalue weighted by Crippen LogP contribution is 2.36. The Hall–Kier alpha value is -0.420. The molecule has 0 unspecified atom stereocenters. The highest BCUT2D eigenvalue weighted by Gasteiger charge is 2.45. The van der Waals surface area contributed by atoms with Crippen LogP contribution in [0.25, 0.3) is 0 Å². The van der Waals surface area contributed by atoms with Crippen LogP contribution in [0.5, 0.6) is 0 Å². The van der Waals surface area contributed by atoms with Crippen LogP contribution in [0.1, 0.15) is 52.4 Å². The summed E-state index contributed by atoms with van der Waals surface area (Å²) in [5.41, 5.74) is 0. The van der Waals surface area contributed by atoms with E-state index in [1.807, 2.05) is 0 Å². The fraction of sp³-hybridized carbons (Fsp3) is 0.889. The van der Waals surface area contributed by atoms with E-state index in [0.717, 1.165) is 32.5 Å². The van der Waals surface area contributed by atoms with E-state index in [1.165, 1.54) is 19.3 Å². The summed E-state index contributed by atoms with van der Waals surface area (Å²) < 4.78 is 23.5. The summed E-state index contributed by atoms with van der Waals surface area (Å²) in [6.45, 7) is 7.62. The minimum atomic E-state index is -0.509. The summed E-state index contributed by atoms with van der Waals surface area (Å²) in [6, 6.07) is 0. The molecule has 0 aromatic heterocycles. The lowest BCUT2D eigenvalue weighted by Crippen LogP contribution is -2.53. The lowest BCUT2D eigenvalue weighted by Gasteiger charge is -2.45. The zero-order valence-electron chi connectivity index (χ0n) is 14.2. The molecular formula is C18H32O4. The van der Waals surface area contributed by atoms with Crippen molar-refractivity contribution in [3.63, 3.8) is 0 Å². The third-order valence-electron chi connectivity index (χ3n) is 4.50. The summed E-state index contributed by atoms with van der Waals surface area (Å²) in [6.07, 6.45) is 11.3. The molecule has 128 valence electrons. The Labute approximate surface area is 135 Å². The number of unbranched alkanes of at least 4 members (excludes halogenated alkanes) is 3. The van der Waals surface area contributed by atoms with E-state index in [1.54, 1.807) is 0 Å². The van der Waals surface area contributed by atoms with Crippen LogP contribution in [0.4, 0.5) is 0 Å². The van der Waals surface area contributed by atoms with Crippen molar-refractivity contribution in [3.8, 4) is 0 Å². The zero-order valence-corrected chi connectivity index (χ0v) is 14.2. The van der Waals surface area contributed by atoms with Crippen molar-refractivity contribution in [1.82, 2.24) is 0 Å². The standard InChI is InChI=1S/C18H32O4/c1-3-5-7-9-16-11-21-18(22-12-16,10-8-6-4-2)17-13-19-15-20-14-17/h7,9,16-17H,3-6,8,10-15H2,1-2H3/b9-7+/t16-,18-. The lowest BCUT2D eigenvalue weighted by atomic mass is 9.92. The molecule has 22 heavy (non-hydrogen) atoms. The van der Waals surface area contributed by atoms with Crippen molar-refractivity contribution in [2.75, 3.05) is 33.2 Å². The minimum Gasteiger partial charge on any atom is -0.355 e. The van der Waals surface area contributed by atoms with Gasteiger partial charge in [0.1, 0.15) is 6.79 Å². The molecule has 2 fully saturated rings. The van der Waals surface area contributed by atoms with Crippen molar-refractivity contribution in [2.45, 2.75) is 58.2 Å². The topological polar surface area (TPSA) is 36.9 Å². The lowest BCUT2D eigenvalue weighted by molar-refractivity contribution is -0.331. The maximum absolute atomic E-state index is 6.26. The fourth-order valence-electron chi connectivity index (χ4n) is 3.10. The molecule has 0 spiro atoms. The molecule has 2 heterocycles. The Kier molecular flexibility index (Phi) is 7.87. The van der Waals surface area contributed by atoms with Gasteiger partial charge < -0.3 is 18.9 Å². The van der Waals surface area contributed by atoms with E-state index < -0.39 is 5.79 Å². The van der Waals surface area contributed by atoms with Gasteiger partial charge in [0.05, 0.1) is 32.3 Å². The van der Waals surface area contributed by atoms with Crippen LogP contribution in [0.2, 0.25) is 0 Å². The number of rotatable bonds is 8. The normalized spacial score (nSPS) is 30.9. The van der Waals surface area contributed by atoms with Crippen LogP contribution in [-0.2, 0) is 18.9 Å². The average Bonchev–Trinajstić information content (AvgIpc) is 2.58. The predicted molar refractivity (Wildman–Crippen MR) is 86.6 cm³/mol. The molecule has 0 atom stereocenters. The molecule has 0 amide bonds. The van der Waals surface area contributed by atoms with Gasteiger partial charge in [-0.1, -0.05) is 45.3 Å². The monoisotopic (exact) mass is 312 g/mol. The number of hydrogen-bond acceptors (Lipinski definition) is 4. The number of allylic oxidation sites excluding steroid dienone is 1. The van der Waals surface area contributed by atoms with E-state index in [-0.39, 0.29) is 5.92 Å². The fourth-order valence-corrected chi connectivity index (χ4v) is 3.10. The van der Waals surface area contributed by atoms with Gasteiger partial charge in [-0.15, -0.1) is 0 Å². The maximum Gasteiger partial charge on any atom is 0.175 e. The van der Waals surface area contributed by atoms with Gasteiger partial charge in [-0.2, -0.15) is 0 Å². The highest BCUT2D eigenvalue weighted by atomic mass is 16.7. The van der Waals surface area contributed by atoms with E-state index in [9.17, 15) is 0 Å². The van der Waals surface area contributed by atoms with Gasteiger partial charge in [-0.3, -0.25) is 0 Å². The van der Waals surface area contributed by atoms with E-state index in [0.29, 0.717) is 25.9 Å². The Morgan fingerprint density at radius 1 is 0.955 bits per heavy atom. The SMILES string of the molecule is CCC/C=C/[C@H]1CO[C@](CCCCC)(C2COCOC2)OC1. The van der Waals surface area contributed by atoms with Gasteiger partial charge in [0.15, 0.2) is 5.79 Å². The third kappa shape index (κ3) is 5.05. The summed E-state index contributed by atoms with van der Waals surface area (Å²) in [5, 5.41) is 0. The molecule has 0 aliphatic carbocycles. The summed E-state index contributed by atoms with van der Waals surface area (Å²) in [5.74, 6) is 0.0416. The van der Waals surface area contributed by atoms with E-state index in [2.05, 4.69) is 26.0 Å². The molecule has 2 aliphatic heterocycles. The first-order chi connectivity index (χ1) is 10.8. The zero-order chi connectivity index (χ0) is 15.7. The quantitative estimate of drug-likeness (QED) is 0.503. The number of ether oxygens (including phenoxy) is 4. The minimum absolute atomic E-state index is 0.179. The smallest absolute Gasteiger partial charge is 0.175 e. The molecule has 2 rings (SSSR count). The Morgan fingerprint density at radius 2 is 1.68 bits per heavy atom. The third-order valence-corrected chi connectivity index (χ3v) is 4.50. The molecule has 0 aromatic carbocycles. The van der Waals surface area contributed by atoms with Crippen LogP contribution < -0.4 is 0 Å². The molecule has 2 aliphatic rings. The van der Waals surface area contributed by atoms with Crippen molar-refractivity contribution >= 4 is 0 Å². The van der Waals surface area contributed by atoms with Crippen molar-refractivity contribution in [1.29, 1.82) is 0 Å². The second-order valence-corrected chi connectivity index (χ2v) is 6.42. The molecule has 0 N–H and O–H groups in total. The summed E-state index contributed by atoms with van der Waals surface area (Å²) in [4.78, 5) is 0. The first-order valence-electron chi connectivity index (χ1n) is 8.90. The van der Waals surface area contributed by atoms with Gasteiger partial charge in [0.25, 0.3) is 0 Å². The Bertz CT molecular complexity index is 315. The van der Waals surface area contributed by atoms with E-state index >= 15 is 0 Å². The molecule has 4 nitrogen and oxygen atoms in total. The molecule has 4 heteroatoms. The summed E-state index contributed by atoms with van der Waals surface area (Å²) in [7, 11) is 0. The molecule has 0 aromatic rings. The largest absolute Gasteiger partial charge is 0.355 e. The Morgan fingerprint density at radius 3 is 2.32 bits per heavy atom. The number of hydrogen-bond donors (Lipinski definition) is 0. The average molecular weight is 312 g/mol. The second kappa shape index (κ2) is 9.66. The maximum atomic E-state index is 6.26. The van der Waals surface area contributed by atoms with Crippen molar-refractivity contribution in [3.05, 3.63) is 12.2 Å². The van der Waals surface area contributed by atoms with Crippen molar-refractivity contribution < 1.29 is 18.9 Å². The van der Waals surface area contributed by atoms with Crippen LogP contribution in [0.3, 0.4) is 0 Å². The molecule has 0 radical (unpaired) electrons. The van der Waals surface area contributed by atoms with Crippen LogP contribution in [-0.4, -0.2) is 39.0 Å². The van der Waals surface area contributed by atoms with Gasteiger partial charge in [-0.05, 0) is 12.8 Å². The first kappa shape index (κ1) is 17.9. The van der Waals surface area contributed by atoms with Crippen molar-refractivity contribution in [2.24, 2.45) is 11.8 Å². The van der Waals surface area contributed by atoms with E-state index in [4.69, 9.17) is 18.9 Å². The predicted octanol–water partition coefficient (Wildman–Crippen LogP) is 3.90.